The summed E-state index contributed by atoms with van der Waals surface area (Å²) in [5, 5.41) is 12.9. The Morgan fingerprint density at radius 2 is 2.04 bits per heavy atom. The molecule has 1 aromatic carbocycles. The van der Waals surface area contributed by atoms with Gasteiger partial charge in [-0.3, -0.25) is 9.59 Å². The van der Waals surface area contributed by atoms with E-state index in [1.54, 1.807) is 0 Å². The number of nitrogens with one attached hydrogen (secondary N) is 1. The Hall–Kier alpha value is -2.52. The Bertz CT molecular complexity index is 775. The molecule has 2 rings (SSSR count). The van der Waals surface area contributed by atoms with Crippen LogP contribution in [0.1, 0.15) is 24.0 Å². The molecule has 1 aliphatic heterocycles. The van der Waals surface area contributed by atoms with Crippen LogP contribution in [0.15, 0.2) is 47.0 Å². The average Bonchev–Trinajstić information content (AvgIpc) is 2.59. The largest absolute Gasteiger partial charge is 0.468 e. The normalized spacial score (nSPS) is 19.8. The summed E-state index contributed by atoms with van der Waals surface area (Å²) in [4.78, 5) is 24.8. The standard InChI is InChI=1S/C19H20N2O3S/c1-11(2)10-25-18-14(9-20)15(13-7-5-12(3)6-8-13)16(17(22)21-18)19(23)24-4/h5-8,15-16H,1,10H2,2-4H3,(H,21,22)/t15-,16+/m0/s1. The number of allylic oxidation sites excluding steroid dienone is 1. The third-order valence-corrected chi connectivity index (χ3v) is 5.13. The number of benzene rings is 1. The van der Waals surface area contributed by atoms with Gasteiger partial charge in [-0.2, -0.15) is 5.26 Å². The van der Waals surface area contributed by atoms with Crippen LogP contribution < -0.4 is 5.32 Å². The van der Waals surface area contributed by atoms with Crippen molar-refractivity contribution in [2.75, 3.05) is 12.9 Å². The molecule has 0 spiro atoms. The molecule has 0 aromatic heterocycles. The van der Waals surface area contributed by atoms with Crippen molar-refractivity contribution in [3.05, 3.63) is 58.1 Å². The van der Waals surface area contributed by atoms with Gasteiger partial charge < -0.3 is 10.1 Å². The van der Waals surface area contributed by atoms with Gasteiger partial charge in [0.25, 0.3) is 0 Å². The quantitative estimate of drug-likeness (QED) is 0.498. The minimum Gasteiger partial charge on any atom is -0.468 e. The van der Waals surface area contributed by atoms with Crippen LogP contribution in [-0.2, 0) is 14.3 Å². The molecule has 0 unspecified atom stereocenters. The molecule has 1 aliphatic rings. The summed E-state index contributed by atoms with van der Waals surface area (Å²) >= 11 is 1.34. The van der Waals surface area contributed by atoms with E-state index in [4.69, 9.17) is 4.74 Å². The maximum Gasteiger partial charge on any atom is 0.319 e. The van der Waals surface area contributed by atoms with Gasteiger partial charge in [-0.1, -0.05) is 42.0 Å². The first-order chi connectivity index (χ1) is 11.9. The lowest BCUT2D eigenvalue weighted by Gasteiger charge is -2.31. The minimum absolute atomic E-state index is 0.366. The molecule has 0 bridgehead atoms. The molecule has 25 heavy (non-hydrogen) atoms. The number of nitriles is 1. The summed E-state index contributed by atoms with van der Waals surface area (Å²) in [5.74, 6) is -2.29. The predicted octanol–water partition coefficient (Wildman–Crippen LogP) is 3.04. The summed E-state index contributed by atoms with van der Waals surface area (Å²) in [5.41, 5.74) is 3.08. The predicted molar refractivity (Wildman–Crippen MR) is 97.5 cm³/mol. The number of hydrogen-bond donors (Lipinski definition) is 1. The Morgan fingerprint density at radius 3 is 2.56 bits per heavy atom. The molecule has 0 aliphatic carbocycles. The third kappa shape index (κ3) is 4.12. The molecule has 1 aromatic rings. The molecule has 0 radical (unpaired) electrons. The van der Waals surface area contributed by atoms with Gasteiger partial charge >= 0.3 is 5.97 Å². The highest BCUT2D eigenvalue weighted by atomic mass is 32.2. The molecular weight excluding hydrogens is 336 g/mol. The second-order valence-corrected chi connectivity index (χ2v) is 6.96. The van der Waals surface area contributed by atoms with Crippen molar-refractivity contribution in [3.8, 4) is 6.07 Å². The van der Waals surface area contributed by atoms with Crippen LogP contribution >= 0.6 is 11.8 Å². The number of amides is 1. The zero-order chi connectivity index (χ0) is 18.6. The van der Waals surface area contributed by atoms with Gasteiger partial charge in [0.1, 0.15) is 5.92 Å². The lowest BCUT2D eigenvalue weighted by Crippen LogP contribution is -2.44. The summed E-state index contributed by atoms with van der Waals surface area (Å²) in [6.45, 7) is 7.66. The van der Waals surface area contributed by atoms with E-state index in [2.05, 4.69) is 18.0 Å². The topological polar surface area (TPSA) is 79.2 Å². The number of methoxy groups -OCH3 is 1. The molecule has 1 N–H and O–H groups in total. The average molecular weight is 356 g/mol. The second kappa shape index (κ2) is 8.04. The molecule has 0 saturated carbocycles. The molecule has 0 saturated heterocycles. The van der Waals surface area contributed by atoms with E-state index >= 15 is 0 Å². The fourth-order valence-corrected chi connectivity index (χ4v) is 3.54. The Labute approximate surface area is 151 Å². The second-order valence-electron chi connectivity index (χ2n) is 5.98. The zero-order valence-electron chi connectivity index (χ0n) is 14.5. The molecular formula is C19H20N2O3S. The van der Waals surface area contributed by atoms with Crippen LogP contribution in [0, 0.1) is 24.2 Å². The van der Waals surface area contributed by atoms with Crippen LogP contribution in [-0.4, -0.2) is 24.7 Å². The smallest absolute Gasteiger partial charge is 0.319 e. The van der Waals surface area contributed by atoms with E-state index in [9.17, 15) is 14.9 Å². The first-order valence-electron chi connectivity index (χ1n) is 7.75. The molecule has 0 fully saturated rings. The fourth-order valence-electron chi connectivity index (χ4n) is 2.65. The van der Waals surface area contributed by atoms with Crippen LogP contribution in [0.3, 0.4) is 0 Å². The van der Waals surface area contributed by atoms with Crippen molar-refractivity contribution in [3.63, 3.8) is 0 Å². The molecule has 2 atom stereocenters. The summed E-state index contributed by atoms with van der Waals surface area (Å²) in [7, 11) is 1.24. The van der Waals surface area contributed by atoms with Gasteiger partial charge in [0.15, 0.2) is 0 Å². The number of nitrogens with zero attached hydrogens (tertiary/aromatic N) is 1. The van der Waals surface area contributed by atoms with E-state index < -0.39 is 23.7 Å². The van der Waals surface area contributed by atoms with Gasteiger partial charge in [0, 0.05) is 11.7 Å². The molecule has 130 valence electrons. The van der Waals surface area contributed by atoms with Crippen LogP contribution in [0.4, 0.5) is 0 Å². The van der Waals surface area contributed by atoms with E-state index in [0.29, 0.717) is 16.4 Å². The van der Waals surface area contributed by atoms with Gasteiger partial charge in [-0.25, -0.2) is 0 Å². The van der Waals surface area contributed by atoms with Crippen molar-refractivity contribution >= 4 is 23.6 Å². The van der Waals surface area contributed by atoms with Crippen LogP contribution in [0.5, 0.6) is 0 Å². The number of thioether (sulfide) groups is 1. The molecule has 6 heteroatoms. The summed E-state index contributed by atoms with van der Waals surface area (Å²) in [6.07, 6.45) is 0. The highest BCUT2D eigenvalue weighted by molar-refractivity contribution is 8.03. The van der Waals surface area contributed by atoms with Crippen molar-refractivity contribution < 1.29 is 14.3 Å². The van der Waals surface area contributed by atoms with Crippen molar-refractivity contribution in [2.45, 2.75) is 19.8 Å². The zero-order valence-corrected chi connectivity index (χ0v) is 15.3. The molecule has 5 nitrogen and oxygen atoms in total. The Kier molecular flexibility index (Phi) is 6.05. The third-order valence-electron chi connectivity index (χ3n) is 3.88. The monoisotopic (exact) mass is 356 g/mol. The maximum atomic E-state index is 12.6. The number of rotatable bonds is 5. The van der Waals surface area contributed by atoms with E-state index in [0.717, 1.165) is 16.7 Å². The first-order valence-corrected chi connectivity index (χ1v) is 8.74. The first kappa shape index (κ1) is 18.8. The van der Waals surface area contributed by atoms with E-state index in [1.165, 1.54) is 18.9 Å². The van der Waals surface area contributed by atoms with Crippen molar-refractivity contribution in [2.24, 2.45) is 5.92 Å². The van der Waals surface area contributed by atoms with Crippen LogP contribution in [0.25, 0.3) is 0 Å². The molecule has 1 heterocycles. The van der Waals surface area contributed by atoms with Gasteiger partial charge in [0.05, 0.1) is 23.8 Å². The number of esters is 1. The minimum atomic E-state index is -1.09. The lowest BCUT2D eigenvalue weighted by atomic mass is 9.78. The number of carbonyl (C=O) groups excluding carboxylic acids is 2. The van der Waals surface area contributed by atoms with E-state index in [1.807, 2.05) is 38.1 Å². The number of hydrogen-bond acceptors (Lipinski definition) is 5. The number of aryl methyl sites for hydroxylation is 1. The highest BCUT2D eigenvalue weighted by Crippen LogP contribution is 2.40. The van der Waals surface area contributed by atoms with Crippen LogP contribution in [0.2, 0.25) is 0 Å². The SMILES string of the molecule is C=C(C)CSC1=C(C#N)[C@H](c2ccc(C)cc2)[C@@H](C(=O)OC)C(=O)N1. The van der Waals surface area contributed by atoms with E-state index in [-0.39, 0.29) is 0 Å². The van der Waals surface area contributed by atoms with Gasteiger partial charge in [0.2, 0.25) is 5.91 Å². The Balaban J connectivity index is 2.57. The van der Waals surface area contributed by atoms with Gasteiger partial charge in [-0.05, 0) is 19.4 Å². The van der Waals surface area contributed by atoms with Gasteiger partial charge in [-0.15, -0.1) is 11.8 Å². The summed E-state index contributed by atoms with van der Waals surface area (Å²) in [6, 6.07) is 9.65. The maximum absolute atomic E-state index is 12.6. The number of ether oxygens (including phenoxy) is 1. The Morgan fingerprint density at radius 1 is 1.40 bits per heavy atom. The van der Waals surface area contributed by atoms with Crippen molar-refractivity contribution in [1.29, 1.82) is 5.26 Å². The van der Waals surface area contributed by atoms with Crippen molar-refractivity contribution in [1.82, 2.24) is 5.32 Å². The molecule has 1 amide bonds. The highest BCUT2D eigenvalue weighted by Gasteiger charge is 2.44. The number of carbonyl (C=O) groups is 2. The summed E-state index contributed by atoms with van der Waals surface area (Å²) < 4.78 is 4.81. The lowest BCUT2D eigenvalue weighted by molar-refractivity contribution is -0.150. The fraction of sp³-hybridized carbons (Fsp3) is 0.316.